The summed E-state index contributed by atoms with van der Waals surface area (Å²) in [5, 5.41) is 0. The number of para-hydroxylation sites is 1. The van der Waals surface area contributed by atoms with Crippen LogP contribution in [0.5, 0.6) is 5.75 Å². The van der Waals surface area contributed by atoms with E-state index in [0.717, 1.165) is 11.1 Å². The lowest BCUT2D eigenvalue weighted by Gasteiger charge is -2.46. The van der Waals surface area contributed by atoms with E-state index in [9.17, 15) is 14.4 Å². The molecule has 0 saturated carbocycles. The Bertz CT molecular complexity index is 1200. The molecule has 1 aliphatic heterocycles. The molecular formula is C27H25NO6. The minimum Gasteiger partial charge on any atom is -0.478 e. The van der Waals surface area contributed by atoms with Crippen LogP contribution in [0.3, 0.4) is 0 Å². The molecule has 4 rings (SSSR count). The quantitative estimate of drug-likeness (QED) is 0.382. The first-order valence-corrected chi connectivity index (χ1v) is 11.0. The Balaban J connectivity index is 1.66. The van der Waals surface area contributed by atoms with Crippen molar-refractivity contribution in [3.63, 3.8) is 0 Å². The zero-order chi connectivity index (χ0) is 24.2. The number of β-lactam (4-membered cyclic amide) rings is 1. The van der Waals surface area contributed by atoms with Gasteiger partial charge >= 0.3 is 11.9 Å². The van der Waals surface area contributed by atoms with Crippen molar-refractivity contribution in [2.24, 2.45) is 0 Å². The van der Waals surface area contributed by atoms with Crippen molar-refractivity contribution < 1.29 is 28.6 Å². The molecule has 3 aromatic rings. The van der Waals surface area contributed by atoms with Crippen molar-refractivity contribution in [3.8, 4) is 5.75 Å². The van der Waals surface area contributed by atoms with Crippen LogP contribution in [0.2, 0.25) is 0 Å². The molecule has 1 aliphatic rings. The van der Waals surface area contributed by atoms with E-state index in [2.05, 4.69) is 0 Å². The van der Waals surface area contributed by atoms with Gasteiger partial charge in [-0.05, 0) is 67.4 Å². The SMILES string of the molecule is CCOC(=O)c1ccc(N2C(=O)[C@H](Oc3ccccc3C)[C@@H]2c2ccc(C(=O)OC)cc2)cc1. The van der Waals surface area contributed by atoms with Gasteiger partial charge < -0.3 is 14.2 Å². The third-order valence-corrected chi connectivity index (χ3v) is 5.72. The van der Waals surface area contributed by atoms with Crippen molar-refractivity contribution in [2.45, 2.75) is 26.0 Å². The second-order valence-corrected chi connectivity index (χ2v) is 7.84. The lowest BCUT2D eigenvalue weighted by atomic mass is 9.89. The fourth-order valence-corrected chi connectivity index (χ4v) is 3.92. The largest absolute Gasteiger partial charge is 0.478 e. The van der Waals surface area contributed by atoms with Gasteiger partial charge in [0.15, 0.2) is 0 Å². The first kappa shape index (κ1) is 23.0. The zero-order valence-corrected chi connectivity index (χ0v) is 19.2. The summed E-state index contributed by atoms with van der Waals surface area (Å²) in [5.74, 6) is -0.418. The van der Waals surface area contributed by atoms with Gasteiger partial charge in [0, 0.05) is 5.69 Å². The van der Waals surface area contributed by atoms with E-state index in [1.165, 1.54) is 7.11 Å². The first-order valence-electron chi connectivity index (χ1n) is 11.0. The summed E-state index contributed by atoms with van der Waals surface area (Å²) in [5.41, 5.74) is 3.18. The van der Waals surface area contributed by atoms with Gasteiger partial charge in [0.2, 0.25) is 6.10 Å². The monoisotopic (exact) mass is 459 g/mol. The van der Waals surface area contributed by atoms with Crippen LogP contribution < -0.4 is 9.64 Å². The number of hydrogen-bond donors (Lipinski definition) is 0. The van der Waals surface area contributed by atoms with Gasteiger partial charge in [0.1, 0.15) is 11.8 Å². The minimum absolute atomic E-state index is 0.200. The molecule has 34 heavy (non-hydrogen) atoms. The summed E-state index contributed by atoms with van der Waals surface area (Å²) < 4.78 is 16.0. The number of anilines is 1. The Labute approximate surface area is 197 Å². The first-order chi connectivity index (χ1) is 16.4. The van der Waals surface area contributed by atoms with Crippen LogP contribution >= 0.6 is 0 Å². The van der Waals surface area contributed by atoms with E-state index in [-0.39, 0.29) is 12.5 Å². The third kappa shape index (κ3) is 4.37. The molecule has 1 fully saturated rings. The lowest BCUT2D eigenvalue weighted by molar-refractivity contribution is -0.135. The highest BCUT2D eigenvalue weighted by Gasteiger charge is 2.51. The summed E-state index contributed by atoms with van der Waals surface area (Å²) in [6.45, 7) is 3.95. The molecule has 0 spiro atoms. The second kappa shape index (κ2) is 9.79. The highest BCUT2D eigenvalue weighted by atomic mass is 16.5. The zero-order valence-electron chi connectivity index (χ0n) is 19.2. The summed E-state index contributed by atoms with van der Waals surface area (Å²) in [6, 6.07) is 20.7. The van der Waals surface area contributed by atoms with Crippen LogP contribution in [0.15, 0.2) is 72.8 Å². The third-order valence-electron chi connectivity index (χ3n) is 5.72. The second-order valence-electron chi connectivity index (χ2n) is 7.84. The highest BCUT2D eigenvalue weighted by molar-refractivity contribution is 6.05. The van der Waals surface area contributed by atoms with Gasteiger partial charge in [-0.25, -0.2) is 9.59 Å². The number of nitrogens with zero attached hydrogens (tertiary/aromatic N) is 1. The molecule has 0 N–H and O–H groups in total. The molecule has 0 bridgehead atoms. The maximum absolute atomic E-state index is 13.2. The van der Waals surface area contributed by atoms with E-state index < -0.39 is 24.1 Å². The molecule has 174 valence electrons. The number of aryl methyl sites for hydroxylation is 1. The molecule has 3 aromatic carbocycles. The maximum atomic E-state index is 13.2. The number of methoxy groups -OCH3 is 1. The Morgan fingerprint density at radius 2 is 1.50 bits per heavy atom. The van der Waals surface area contributed by atoms with Gasteiger partial charge in [-0.15, -0.1) is 0 Å². The fraction of sp³-hybridized carbons (Fsp3) is 0.222. The average molecular weight is 459 g/mol. The minimum atomic E-state index is -0.741. The van der Waals surface area contributed by atoms with Gasteiger partial charge in [-0.3, -0.25) is 9.69 Å². The Morgan fingerprint density at radius 3 is 2.12 bits per heavy atom. The Hall–Kier alpha value is -4.13. The standard InChI is InChI=1S/C27H25NO6/c1-4-33-27(31)20-13-15-21(16-14-20)28-23(18-9-11-19(12-10-18)26(30)32-3)24(25(28)29)34-22-8-6-5-7-17(22)2/h5-16,23-24H,4H2,1-3H3/t23-,24+/m0/s1. The van der Waals surface area contributed by atoms with Crippen LogP contribution in [-0.4, -0.2) is 37.7 Å². The van der Waals surface area contributed by atoms with E-state index in [1.54, 1.807) is 60.4 Å². The number of ether oxygens (including phenoxy) is 3. The van der Waals surface area contributed by atoms with E-state index in [4.69, 9.17) is 14.2 Å². The van der Waals surface area contributed by atoms with Gasteiger partial charge in [-0.1, -0.05) is 30.3 Å². The summed E-state index contributed by atoms with van der Waals surface area (Å²) in [7, 11) is 1.33. The van der Waals surface area contributed by atoms with Crippen LogP contribution in [0.1, 0.15) is 44.8 Å². The molecule has 1 amide bonds. The Morgan fingerprint density at radius 1 is 0.882 bits per heavy atom. The number of carbonyl (C=O) groups excluding carboxylic acids is 3. The summed E-state index contributed by atoms with van der Waals surface area (Å²) in [6.07, 6.45) is -0.741. The molecule has 0 aromatic heterocycles. The lowest BCUT2D eigenvalue weighted by Crippen LogP contribution is -2.61. The number of benzene rings is 3. The molecule has 7 nitrogen and oxygen atoms in total. The topological polar surface area (TPSA) is 82.1 Å². The van der Waals surface area contributed by atoms with Crippen molar-refractivity contribution in [3.05, 3.63) is 95.1 Å². The van der Waals surface area contributed by atoms with Crippen molar-refractivity contribution >= 4 is 23.5 Å². The Kier molecular flexibility index (Phi) is 6.63. The van der Waals surface area contributed by atoms with Crippen molar-refractivity contribution in [2.75, 3.05) is 18.6 Å². The van der Waals surface area contributed by atoms with Gasteiger partial charge in [0.25, 0.3) is 5.91 Å². The van der Waals surface area contributed by atoms with E-state index in [1.807, 2.05) is 31.2 Å². The molecule has 0 aliphatic carbocycles. The molecule has 2 atom stereocenters. The number of hydrogen-bond acceptors (Lipinski definition) is 6. The highest BCUT2D eigenvalue weighted by Crippen LogP contribution is 2.41. The summed E-state index contributed by atoms with van der Waals surface area (Å²) >= 11 is 0. The van der Waals surface area contributed by atoms with Crippen molar-refractivity contribution in [1.29, 1.82) is 0 Å². The number of esters is 2. The van der Waals surface area contributed by atoms with Crippen molar-refractivity contribution in [1.82, 2.24) is 0 Å². The van der Waals surface area contributed by atoms with E-state index in [0.29, 0.717) is 22.6 Å². The van der Waals surface area contributed by atoms with E-state index >= 15 is 0 Å². The molecular weight excluding hydrogens is 434 g/mol. The van der Waals surface area contributed by atoms with Crippen LogP contribution in [-0.2, 0) is 14.3 Å². The predicted molar refractivity (Wildman–Crippen MR) is 126 cm³/mol. The molecule has 1 heterocycles. The number of rotatable bonds is 7. The van der Waals surface area contributed by atoms with Crippen LogP contribution in [0.25, 0.3) is 0 Å². The molecule has 1 saturated heterocycles. The number of amides is 1. The van der Waals surface area contributed by atoms with Crippen LogP contribution in [0, 0.1) is 6.92 Å². The number of carbonyl (C=O) groups is 3. The molecule has 7 heteroatoms. The predicted octanol–water partition coefficient (Wildman–Crippen LogP) is 4.49. The molecule has 0 unspecified atom stereocenters. The van der Waals surface area contributed by atoms with Gasteiger partial charge in [-0.2, -0.15) is 0 Å². The fourth-order valence-electron chi connectivity index (χ4n) is 3.92. The normalized spacial score (nSPS) is 17.0. The average Bonchev–Trinajstić information content (AvgIpc) is 2.86. The maximum Gasteiger partial charge on any atom is 0.338 e. The van der Waals surface area contributed by atoms with Gasteiger partial charge in [0.05, 0.1) is 24.8 Å². The van der Waals surface area contributed by atoms with Crippen LogP contribution in [0.4, 0.5) is 5.69 Å². The summed E-state index contributed by atoms with van der Waals surface area (Å²) in [4.78, 5) is 38.7. The molecule has 0 radical (unpaired) electrons. The smallest absolute Gasteiger partial charge is 0.338 e.